The molecule has 1 aromatic rings. The molecule has 0 radical (unpaired) electrons. The summed E-state index contributed by atoms with van der Waals surface area (Å²) in [5, 5.41) is 6.40. The molecule has 0 amide bonds. The quantitative estimate of drug-likeness (QED) is 0.836. The van der Waals surface area contributed by atoms with E-state index >= 15 is 0 Å². The van der Waals surface area contributed by atoms with Gasteiger partial charge >= 0.3 is 0 Å². The van der Waals surface area contributed by atoms with Gasteiger partial charge in [-0.2, -0.15) is 0 Å². The van der Waals surface area contributed by atoms with Crippen LogP contribution in [0, 0.1) is 11.6 Å². The van der Waals surface area contributed by atoms with Crippen molar-refractivity contribution < 1.29 is 13.5 Å². The highest BCUT2D eigenvalue weighted by atomic mass is 19.2. The van der Waals surface area contributed by atoms with Gasteiger partial charge in [-0.3, -0.25) is 0 Å². The van der Waals surface area contributed by atoms with Gasteiger partial charge in [0, 0.05) is 12.6 Å². The van der Waals surface area contributed by atoms with E-state index in [0.29, 0.717) is 13.2 Å². The average Bonchev–Trinajstić information content (AvgIpc) is 2.36. The van der Waals surface area contributed by atoms with E-state index in [1.165, 1.54) is 6.07 Å². The molecule has 3 nitrogen and oxygen atoms in total. The third-order valence-electron chi connectivity index (χ3n) is 2.97. The first-order chi connectivity index (χ1) is 8.22. The summed E-state index contributed by atoms with van der Waals surface area (Å²) in [7, 11) is 1.79. The van der Waals surface area contributed by atoms with E-state index in [4.69, 9.17) is 4.74 Å². The highest BCUT2D eigenvalue weighted by Gasteiger charge is 2.24. The fourth-order valence-corrected chi connectivity index (χ4v) is 2.11. The molecule has 5 heteroatoms. The Bertz CT molecular complexity index is 381. The molecule has 1 fully saturated rings. The molecule has 1 aliphatic heterocycles. The molecule has 1 saturated heterocycles. The molecule has 2 unspecified atom stereocenters. The Balaban J connectivity index is 2.18. The van der Waals surface area contributed by atoms with Crippen LogP contribution < -0.4 is 10.6 Å². The topological polar surface area (TPSA) is 33.3 Å². The van der Waals surface area contributed by atoms with Crippen LogP contribution in [-0.4, -0.2) is 32.8 Å². The minimum atomic E-state index is -0.823. The average molecular weight is 242 g/mol. The van der Waals surface area contributed by atoms with Gasteiger partial charge in [-0.1, -0.05) is 6.07 Å². The van der Waals surface area contributed by atoms with Gasteiger partial charge in [0.25, 0.3) is 0 Å². The Hall–Kier alpha value is -1.04. The van der Waals surface area contributed by atoms with E-state index in [2.05, 4.69) is 10.6 Å². The number of benzene rings is 1. The zero-order valence-corrected chi connectivity index (χ0v) is 9.67. The maximum absolute atomic E-state index is 13.2. The molecule has 1 aromatic carbocycles. The first-order valence-corrected chi connectivity index (χ1v) is 5.65. The summed E-state index contributed by atoms with van der Waals surface area (Å²) >= 11 is 0. The van der Waals surface area contributed by atoms with Gasteiger partial charge in [-0.25, -0.2) is 8.78 Å². The SMILES string of the molecule is CNC(c1ccc(F)c(F)c1)C1COCCN1. The Morgan fingerprint density at radius 3 is 2.82 bits per heavy atom. The molecule has 94 valence electrons. The van der Waals surface area contributed by atoms with E-state index in [-0.39, 0.29) is 12.1 Å². The van der Waals surface area contributed by atoms with Gasteiger partial charge in [-0.15, -0.1) is 0 Å². The number of rotatable bonds is 3. The predicted octanol–water partition coefficient (Wildman–Crippen LogP) is 1.21. The Morgan fingerprint density at radius 2 is 2.24 bits per heavy atom. The number of halogens is 2. The number of ether oxygens (including phenoxy) is 1. The maximum atomic E-state index is 13.2. The normalized spacial score (nSPS) is 22.4. The molecule has 0 bridgehead atoms. The Morgan fingerprint density at radius 1 is 1.41 bits per heavy atom. The van der Waals surface area contributed by atoms with Crippen LogP contribution in [0.2, 0.25) is 0 Å². The molecule has 2 atom stereocenters. The van der Waals surface area contributed by atoms with Crippen LogP contribution in [0.25, 0.3) is 0 Å². The lowest BCUT2D eigenvalue weighted by atomic mass is 9.99. The minimum absolute atomic E-state index is 0.0682. The lowest BCUT2D eigenvalue weighted by molar-refractivity contribution is 0.0645. The van der Waals surface area contributed by atoms with E-state index in [1.54, 1.807) is 13.1 Å². The zero-order valence-electron chi connectivity index (χ0n) is 9.67. The molecule has 2 N–H and O–H groups in total. The van der Waals surface area contributed by atoms with E-state index in [9.17, 15) is 8.78 Å². The highest BCUT2D eigenvalue weighted by Crippen LogP contribution is 2.20. The van der Waals surface area contributed by atoms with E-state index in [1.807, 2.05) is 0 Å². The van der Waals surface area contributed by atoms with Crippen LogP contribution in [0.15, 0.2) is 18.2 Å². The summed E-state index contributed by atoms with van der Waals surface area (Å²) < 4.78 is 31.4. The standard InChI is InChI=1S/C12H16F2N2O/c1-15-12(11-7-17-5-4-16-11)8-2-3-9(13)10(14)6-8/h2-3,6,11-12,15-16H,4-5,7H2,1H3. The zero-order chi connectivity index (χ0) is 12.3. The van der Waals surface area contributed by atoms with Crippen LogP contribution in [0.4, 0.5) is 8.78 Å². The number of hydrogen-bond acceptors (Lipinski definition) is 3. The molecule has 0 spiro atoms. The molecule has 17 heavy (non-hydrogen) atoms. The molecular formula is C12H16F2N2O. The maximum Gasteiger partial charge on any atom is 0.159 e. The fraction of sp³-hybridized carbons (Fsp3) is 0.500. The minimum Gasteiger partial charge on any atom is -0.378 e. The van der Waals surface area contributed by atoms with Gasteiger partial charge in [0.05, 0.1) is 19.3 Å². The second-order valence-electron chi connectivity index (χ2n) is 4.08. The predicted molar refractivity (Wildman–Crippen MR) is 60.8 cm³/mol. The van der Waals surface area contributed by atoms with Gasteiger partial charge in [0.15, 0.2) is 11.6 Å². The van der Waals surface area contributed by atoms with Crippen LogP contribution in [0.1, 0.15) is 11.6 Å². The summed E-state index contributed by atoms with van der Waals surface area (Å²) in [6.45, 7) is 2.02. The second-order valence-corrected chi connectivity index (χ2v) is 4.08. The number of likely N-dealkylation sites (N-methyl/N-ethyl adjacent to an activating group) is 1. The number of hydrogen-bond donors (Lipinski definition) is 2. The Kier molecular flexibility index (Phi) is 4.04. The van der Waals surface area contributed by atoms with Crippen molar-refractivity contribution >= 4 is 0 Å². The molecule has 0 saturated carbocycles. The van der Waals surface area contributed by atoms with Crippen molar-refractivity contribution in [3.63, 3.8) is 0 Å². The lowest BCUT2D eigenvalue weighted by Gasteiger charge is -2.31. The summed E-state index contributed by atoms with van der Waals surface area (Å²) in [6, 6.07) is 3.95. The van der Waals surface area contributed by atoms with Crippen molar-refractivity contribution in [2.24, 2.45) is 0 Å². The van der Waals surface area contributed by atoms with Crippen LogP contribution in [0.3, 0.4) is 0 Å². The van der Waals surface area contributed by atoms with Crippen LogP contribution >= 0.6 is 0 Å². The van der Waals surface area contributed by atoms with Crippen LogP contribution in [-0.2, 0) is 4.74 Å². The van der Waals surface area contributed by atoms with Crippen LogP contribution in [0.5, 0.6) is 0 Å². The van der Waals surface area contributed by atoms with E-state index in [0.717, 1.165) is 18.2 Å². The smallest absolute Gasteiger partial charge is 0.159 e. The van der Waals surface area contributed by atoms with Crippen molar-refractivity contribution in [2.45, 2.75) is 12.1 Å². The molecule has 1 aliphatic rings. The van der Waals surface area contributed by atoms with Gasteiger partial charge in [0.2, 0.25) is 0 Å². The third kappa shape index (κ3) is 2.80. The first-order valence-electron chi connectivity index (χ1n) is 5.65. The first kappa shape index (κ1) is 12.4. The number of morpholine rings is 1. The number of nitrogens with one attached hydrogen (secondary N) is 2. The highest BCUT2D eigenvalue weighted by molar-refractivity contribution is 5.23. The van der Waals surface area contributed by atoms with Crippen molar-refractivity contribution in [3.05, 3.63) is 35.4 Å². The Labute approximate surface area is 99.2 Å². The summed E-state index contributed by atoms with van der Waals surface area (Å²) in [6.07, 6.45) is 0. The van der Waals surface area contributed by atoms with E-state index < -0.39 is 11.6 Å². The van der Waals surface area contributed by atoms with Crippen molar-refractivity contribution in [2.75, 3.05) is 26.8 Å². The summed E-state index contributed by atoms with van der Waals surface area (Å²) in [5.41, 5.74) is 0.717. The monoisotopic (exact) mass is 242 g/mol. The summed E-state index contributed by atoms with van der Waals surface area (Å²) in [4.78, 5) is 0. The third-order valence-corrected chi connectivity index (χ3v) is 2.97. The van der Waals surface area contributed by atoms with Gasteiger partial charge in [-0.05, 0) is 24.7 Å². The van der Waals surface area contributed by atoms with Crippen molar-refractivity contribution in [3.8, 4) is 0 Å². The largest absolute Gasteiger partial charge is 0.378 e. The second kappa shape index (κ2) is 5.53. The van der Waals surface area contributed by atoms with Crippen molar-refractivity contribution in [1.29, 1.82) is 0 Å². The summed E-state index contributed by atoms with van der Waals surface area (Å²) in [5.74, 6) is -1.64. The molecule has 0 aromatic heterocycles. The van der Waals surface area contributed by atoms with Crippen molar-refractivity contribution in [1.82, 2.24) is 10.6 Å². The van der Waals surface area contributed by atoms with Gasteiger partial charge < -0.3 is 15.4 Å². The van der Waals surface area contributed by atoms with Gasteiger partial charge in [0.1, 0.15) is 0 Å². The molecule has 1 heterocycles. The molecule has 0 aliphatic carbocycles. The molecule has 2 rings (SSSR count). The lowest BCUT2D eigenvalue weighted by Crippen LogP contribution is -2.48. The fourth-order valence-electron chi connectivity index (χ4n) is 2.11. The molecular weight excluding hydrogens is 226 g/mol.